The molecule has 1 aromatic rings. The third-order valence-electron chi connectivity index (χ3n) is 2.51. The van der Waals surface area contributed by atoms with E-state index in [1.807, 2.05) is 30.3 Å². The number of ether oxygens (including phenoxy) is 2. The predicted octanol–water partition coefficient (Wildman–Crippen LogP) is 1.65. The summed E-state index contributed by atoms with van der Waals surface area (Å²) in [5.41, 5.74) is 1.08. The molecule has 0 spiro atoms. The lowest BCUT2D eigenvalue weighted by atomic mass is 10.1. The summed E-state index contributed by atoms with van der Waals surface area (Å²) < 4.78 is 10.3. The van der Waals surface area contributed by atoms with Crippen molar-refractivity contribution in [2.75, 3.05) is 6.61 Å². The van der Waals surface area contributed by atoms with E-state index in [2.05, 4.69) is 0 Å². The Hall–Kier alpha value is -1.68. The molecule has 0 bridgehead atoms. The Bertz CT molecular complexity index is 413. The van der Waals surface area contributed by atoms with Crippen LogP contribution in [0.2, 0.25) is 0 Å². The van der Waals surface area contributed by atoms with Gasteiger partial charge in [0.1, 0.15) is 31.0 Å². The largest absolute Gasteiger partial charge is 0.462 e. The second-order valence-corrected chi connectivity index (χ2v) is 4.07. The molecule has 1 heterocycles. The number of carbonyl (C=O) groups excluding carboxylic acids is 2. The summed E-state index contributed by atoms with van der Waals surface area (Å²) in [5, 5.41) is 0. The molecule has 0 amide bonds. The van der Waals surface area contributed by atoms with Gasteiger partial charge in [0.05, 0.1) is 0 Å². The van der Waals surface area contributed by atoms with Gasteiger partial charge in [-0.3, -0.25) is 9.59 Å². The van der Waals surface area contributed by atoms with Gasteiger partial charge in [-0.2, -0.15) is 0 Å². The Morgan fingerprint density at radius 3 is 2.65 bits per heavy atom. The van der Waals surface area contributed by atoms with Crippen molar-refractivity contribution in [3.8, 4) is 0 Å². The molecule has 1 aromatic carbocycles. The molecule has 2 rings (SSSR count). The van der Waals surface area contributed by atoms with Crippen molar-refractivity contribution < 1.29 is 19.1 Å². The van der Waals surface area contributed by atoms with Gasteiger partial charge in [0.15, 0.2) is 0 Å². The highest BCUT2D eigenvalue weighted by Crippen LogP contribution is 2.38. The first-order chi connectivity index (χ1) is 8.16. The maximum absolute atomic E-state index is 11.1. The van der Waals surface area contributed by atoms with E-state index in [4.69, 9.17) is 9.47 Å². The first-order valence-corrected chi connectivity index (χ1v) is 5.52. The molecule has 1 saturated heterocycles. The number of ketones is 1. The average Bonchev–Trinajstić information content (AvgIpc) is 3.06. The molecule has 1 aliphatic rings. The number of esters is 1. The zero-order chi connectivity index (χ0) is 12.3. The zero-order valence-corrected chi connectivity index (χ0v) is 9.59. The summed E-state index contributed by atoms with van der Waals surface area (Å²) in [6, 6.07) is 9.77. The highest BCUT2D eigenvalue weighted by molar-refractivity contribution is 5.94. The van der Waals surface area contributed by atoms with Crippen LogP contribution in [0.1, 0.15) is 25.0 Å². The Balaban J connectivity index is 1.74. The van der Waals surface area contributed by atoms with E-state index in [0.717, 1.165) is 5.56 Å². The standard InChI is InChI=1S/C13H14O4/c1-9(14)7-12(15)16-8-11-13(17-11)10-5-3-2-4-6-10/h2-6,11,13H,7-8H2,1H3. The molecule has 0 saturated carbocycles. The van der Waals surface area contributed by atoms with E-state index < -0.39 is 5.97 Å². The lowest BCUT2D eigenvalue weighted by Gasteiger charge is -2.00. The Kier molecular flexibility index (Phi) is 3.54. The minimum absolute atomic E-state index is 0.0151. The highest BCUT2D eigenvalue weighted by Gasteiger charge is 2.40. The minimum atomic E-state index is -0.486. The van der Waals surface area contributed by atoms with Crippen LogP contribution in [0.5, 0.6) is 0 Å². The number of hydrogen-bond acceptors (Lipinski definition) is 4. The Morgan fingerprint density at radius 2 is 2.00 bits per heavy atom. The average molecular weight is 234 g/mol. The molecule has 0 aliphatic carbocycles. The lowest BCUT2D eigenvalue weighted by molar-refractivity contribution is -0.146. The summed E-state index contributed by atoms with van der Waals surface area (Å²) in [5.74, 6) is -0.675. The quantitative estimate of drug-likeness (QED) is 0.441. The van der Waals surface area contributed by atoms with E-state index in [1.165, 1.54) is 6.92 Å². The van der Waals surface area contributed by atoms with Crippen LogP contribution >= 0.6 is 0 Å². The molecule has 2 atom stereocenters. The Labute approximate surface area is 99.5 Å². The van der Waals surface area contributed by atoms with E-state index >= 15 is 0 Å². The number of epoxide rings is 1. The zero-order valence-electron chi connectivity index (χ0n) is 9.59. The predicted molar refractivity (Wildman–Crippen MR) is 60.3 cm³/mol. The second kappa shape index (κ2) is 5.10. The van der Waals surface area contributed by atoms with Gasteiger partial charge < -0.3 is 9.47 Å². The van der Waals surface area contributed by atoms with Gasteiger partial charge in [-0.05, 0) is 12.5 Å². The summed E-state index contributed by atoms with van der Waals surface area (Å²) in [7, 11) is 0. The summed E-state index contributed by atoms with van der Waals surface area (Å²) in [6.45, 7) is 1.58. The van der Waals surface area contributed by atoms with Gasteiger partial charge in [0.2, 0.25) is 0 Å². The van der Waals surface area contributed by atoms with Crippen molar-refractivity contribution in [3.63, 3.8) is 0 Å². The summed E-state index contributed by atoms with van der Waals surface area (Å²) in [4.78, 5) is 21.8. The van der Waals surface area contributed by atoms with Crippen molar-refractivity contribution in [2.45, 2.75) is 25.6 Å². The van der Waals surface area contributed by atoms with Gasteiger partial charge in [-0.25, -0.2) is 0 Å². The van der Waals surface area contributed by atoms with Gasteiger partial charge in [-0.1, -0.05) is 30.3 Å². The maximum atomic E-state index is 11.1. The van der Waals surface area contributed by atoms with E-state index in [-0.39, 0.29) is 31.0 Å². The third kappa shape index (κ3) is 3.39. The smallest absolute Gasteiger partial charge is 0.313 e. The maximum Gasteiger partial charge on any atom is 0.313 e. The molecule has 17 heavy (non-hydrogen) atoms. The molecule has 0 radical (unpaired) electrons. The molecule has 4 heteroatoms. The highest BCUT2D eigenvalue weighted by atomic mass is 16.6. The van der Waals surface area contributed by atoms with Crippen LogP contribution in [-0.2, 0) is 19.1 Å². The van der Waals surface area contributed by atoms with E-state index in [0.29, 0.717) is 0 Å². The van der Waals surface area contributed by atoms with Crippen molar-refractivity contribution in [3.05, 3.63) is 35.9 Å². The number of hydrogen-bond donors (Lipinski definition) is 0. The van der Waals surface area contributed by atoms with Crippen LogP contribution in [0.4, 0.5) is 0 Å². The number of carbonyl (C=O) groups is 2. The van der Waals surface area contributed by atoms with E-state index in [9.17, 15) is 9.59 Å². The molecule has 90 valence electrons. The van der Waals surface area contributed by atoms with Crippen molar-refractivity contribution in [2.24, 2.45) is 0 Å². The molecule has 1 aliphatic heterocycles. The first-order valence-electron chi connectivity index (χ1n) is 5.52. The number of rotatable bonds is 5. The number of benzene rings is 1. The van der Waals surface area contributed by atoms with Crippen molar-refractivity contribution >= 4 is 11.8 Å². The molecule has 4 nitrogen and oxygen atoms in total. The second-order valence-electron chi connectivity index (χ2n) is 4.07. The molecule has 1 fully saturated rings. The van der Waals surface area contributed by atoms with E-state index in [1.54, 1.807) is 0 Å². The topological polar surface area (TPSA) is 55.9 Å². The normalized spacial score (nSPS) is 21.9. The van der Waals surface area contributed by atoms with Crippen LogP contribution < -0.4 is 0 Å². The molecular formula is C13H14O4. The SMILES string of the molecule is CC(=O)CC(=O)OCC1OC1c1ccccc1. The monoisotopic (exact) mass is 234 g/mol. The van der Waals surface area contributed by atoms with Crippen molar-refractivity contribution in [1.82, 2.24) is 0 Å². The Morgan fingerprint density at radius 1 is 1.29 bits per heavy atom. The fourth-order valence-electron chi connectivity index (χ4n) is 1.63. The minimum Gasteiger partial charge on any atom is -0.462 e. The summed E-state index contributed by atoms with van der Waals surface area (Å²) in [6.07, 6.45) is -0.224. The third-order valence-corrected chi connectivity index (χ3v) is 2.51. The summed E-state index contributed by atoms with van der Waals surface area (Å²) >= 11 is 0. The molecule has 2 unspecified atom stereocenters. The van der Waals surface area contributed by atoms with Crippen LogP contribution in [-0.4, -0.2) is 24.5 Å². The van der Waals surface area contributed by atoms with Crippen LogP contribution in [0.3, 0.4) is 0 Å². The van der Waals surface area contributed by atoms with Gasteiger partial charge in [0, 0.05) is 0 Å². The lowest BCUT2D eigenvalue weighted by Crippen LogP contribution is -2.12. The molecule has 0 N–H and O–H groups in total. The van der Waals surface area contributed by atoms with Gasteiger partial charge >= 0.3 is 5.97 Å². The van der Waals surface area contributed by atoms with Gasteiger partial charge in [0.25, 0.3) is 0 Å². The van der Waals surface area contributed by atoms with Crippen LogP contribution in [0.15, 0.2) is 30.3 Å². The van der Waals surface area contributed by atoms with Crippen molar-refractivity contribution in [1.29, 1.82) is 0 Å². The molecule has 0 aromatic heterocycles. The first kappa shape index (κ1) is 11.8. The van der Waals surface area contributed by atoms with Gasteiger partial charge in [-0.15, -0.1) is 0 Å². The fourth-order valence-corrected chi connectivity index (χ4v) is 1.63. The fraction of sp³-hybridized carbons (Fsp3) is 0.385. The van der Waals surface area contributed by atoms with Crippen LogP contribution in [0.25, 0.3) is 0 Å². The number of Topliss-reactive ketones (excluding diaryl/α,β-unsaturated/α-hetero) is 1. The van der Waals surface area contributed by atoms with Crippen LogP contribution in [0, 0.1) is 0 Å². The molecular weight excluding hydrogens is 220 g/mol.